The van der Waals surface area contributed by atoms with E-state index in [9.17, 15) is 57.5 Å². The molecule has 7 rings (SSSR count). The lowest BCUT2D eigenvalue weighted by Crippen LogP contribution is -2.61. The van der Waals surface area contributed by atoms with Gasteiger partial charge >= 0.3 is 11.9 Å². The lowest BCUT2D eigenvalue weighted by atomic mass is 9.98. The summed E-state index contributed by atoms with van der Waals surface area (Å²) in [7, 11) is 5.57. The molecule has 1 aromatic rings. The highest BCUT2D eigenvalue weighted by Crippen LogP contribution is 2.35. The van der Waals surface area contributed by atoms with Crippen LogP contribution in [0.25, 0.3) is 22.6 Å². The number of cyclic esters (lactones) is 2. The zero-order chi connectivity index (χ0) is 65.4. The fourth-order valence-corrected chi connectivity index (χ4v) is 12.0. The smallest absolute Gasteiger partial charge is 0.329 e. The summed E-state index contributed by atoms with van der Waals surface area (Å²) in [5.41, 5.74) is 3.54. The van der Waals surface area contributed by atoms with Gasteiger partial charge < -0.3 is 70.3 Å². The van der Waals surface area contributed by atoms with Crippen LogP contribution in [-0.4, -0.2) is 220 Å². The first-order valence-electron chi connectivity index (χ1n) is 29.6. The van der Waals surface area contributed by atoms with Crippen LogP contribution in [0.15, 0.2) is 21.3 Å². The first-order chi connectivity index (χ1) is 41.2. The molecule has 28 nitrogen and oxygen atoms in total. The van der Waals surface area contributed by atoms with E-state index in [0.29, 0.717) is 18.4 Å². The quantitative estimate of drug-likeness (QED) is 0.119. The number of rotatable bonds is 7. The Morgan fingerprint density at radius 2 is 1.10 bits per heavy atom. The minimum absolute atomic E-state index is 0.0775. The Labute approximate surface area is 509 Å². The van der Waals surface area contributed by atoms with Crippen LogP contribution in [0.1, 0.15) is 120 Å². The number of amides is 10. The Balaban J connectivity index is 1.30. The molecule has 5 aliphatic heterocycles. The SMILES string of the molecule is Cc1c2oc3c(C)ccc(C(=O)N[C@@H]4C(=O)N[C@H](C)C(=O)N5CCC[C@H]5C(=O)N(C)CC(=O)N(C)[C@@H](C(C)C)C(=O)O[C@@H]4C)c3nc-2c(C(=O)N[C@@H]2C(=O)N[C@H](C(C)C)C(=O)N3CCC[C@H]3C(=O)N(C)CC(=O)N(C)[C@@H](C(C)C)C(=O)O[C@@H]2C)c(N)c1=O. The monoisotopic (exact) mass is 1230 g/mol. The normalized spacial score (nSPS) is 26.5. The maximum atomic E-state index is 15.1. The summed E-state index contributed by atoms with van der Waals surface area (Å²) in [5.74, 6) is -11.8. The van der Waals surface area contributed by atoms with E-state index in [-0.39, 0.29) is 53.9 Å². The first kappa shape index (κ1) is 66.8. The van der Waals surface area contributed by atoms with Crippen molar-refractivity contribution in [1.29, 1.82) is 0 Å². The van der Waals surface area contributed by atoms with Gasteiger partial charge in [0.15, 0.2) is 11.3 Å². The number of carbonyl (C=O) groups excluding carboxylic acids is 12. The number of carbonyl (C=O) groups is 12. The van der Waals surface area contributed by atoms with Gasteiger partial charge in [0.05, 0.1) is 29.9 Å². The fourth-order valence-electron chi connectivity index (χ4n) is 12.0. The van der Waals surface area contributed by atoms with Crippen LogP contribution in [0, 0.1) is 31.6 Å². The van der Waals surface area contributed by atoms with E-state index < -0.39 is 185 Å². The topological polar surface area (TPSA) is 360 Å². The van der Waals surface area contributed by atoms with Gasteiger partial charge in [-0.25, -0.2) is 14.6 Å². The fraction of sp³-hybridized carbons (Fsp3) is 0.600. The van der Waals surface area contributed by atoms with Crippen LogP contribution in [-0.2, 0) is 57.4 Å². The van der Waals surface area contributed by atoms with Crippen molar-refractivity contribution < 1.29 is 71.4 Å². The summed E-state index contributed by atoms with van der Waals surface area (Å²) < 4.78 is 18.2. The van der Waals surface area contributed by atoms with Crippen molar-refractivity contribution in [3.63, 3.8) is 0 Å². The number of esters is 2. The molecule has 0 saturated carbocycles. The zero-order valence-corrected chi connectivity index (χ0v) is 52.6. The van der Waals surface area contributed by atoms with Gasteiger partial charge in [0.1, 0.15) is 71.8 Å². The number of fused-ring (bicyclic) bond motifs is 4. The molecule has 6 N–H and O–H groups in total. The van der Waals surface area contributed by atoms with Gasteiger partial charge in [-0.15, -0.1) is 0 Å². The number of hydrogen-bond acceptors (Lipinski definition) is 18. The molecule has 0 spiro atoms. The highest BCUT2D eigenvalue weighted by atomic mass is 16.6. The minimum atomic E-state index is -1.88. The van der Waals surface area contributed by atoms with Gasteiger partial charge in [-0.1, -0.05) is 47.6 Å². The number of nitrogens with zero attached hydrogens (tertiary/aromatic N) is 7. The first-order valence-corrected chi connectivity index (χ1v) is 29.6. The summed E-state index contributed by atoms with van der Waals surface area (Å²) in [4.78, 5) is 198. The van der Waals surface area contributed by atoms with E-state index in [1.807, 2.05) is 0 Å². The van der Waals surface area contributed by atoms with Gasteiger partial charge in [-0.05, 0) is 89.7 Å². The number of ether oxygens (including phenoxy) is 2. The number of likely N-dealkylation sites (N-methyl/N-ethyl adjacent to an activating group) is 4. The number of benzene rings is 2. The molecule has 0 unspecified atom stereocenters. The van der Waals surface area contributed by atoms with Crippen molar-refractivity contribution in [2.45, 2.75) is 162 Å². The molecule has 5 heterocycles. The van der Waals surface area contributed by atoms with Crippen molar-refractivity contribution in [2.75, 3.05) is 60.1 Å². The zero-order valence-electron chi connectivity index (χ0n) is 52.6. The third kappa shape index (κ3) is 13.2. The van der Waals surface area contributed by atoms with Crippen LogP contribution in [0.4, 0.5) is 5.69 Å². The largest absolute Gasteiger partial charge is 0.458 e. The van der Waals surface area contributed by atoms with E-state index in [2.05, 4.69) is 21.3 Å². The Bertz CT molecular complexity index is 3360. The summed E-state index contributed by atoms with van der Waals surface area (Å²) in [6, 6.07) is -7.90. The Kier molecular flexibility index (Phi) is 20.3. The maximum absolute atomic E-state index is 15.1. The molecular formula is C60H82N12O16. The van der Waals surface area contributed by atoms with Crippen LogP contribution >= 0.6 is 0 Å². The number of nitrogens with one attached hydrogen (secondary N) is 4. The second-order valence-corrected chi connectivity index (χ2v) is 24.5. The number of nitrogens with two attached hydrogens (primary N) is 1. The summed E-state index contributed by atoms with van der Waals surface area (Å²) in [5, 5.41) is 10.5. The molecule has 28 heteroatoms. The van der Waals surface area contributed by atoms with E-state index >= 15 is 4.79 Å². The lowest BCUT2D eigenvalue weighted by molar-refractivity contribution is -0.163. The van der Waals surface area contributed by atoms with Crippen molar-refractivity contribution in [1.82, 2.24) is 55.7 Å². The van der Waals surface area contributed by atoms with Gasteiger partial charge in [-0.2, -0.15) is 0 Å². The van der Waals surface area contributed by atoms with Crippen LogP contribution < -0.4 is 32.4 Å². The molecule has 0 radical (unpaired) electrons. The summed E-state index contributed by atoms with van der Waals surface area (Å²) in [6.45, 7) is 16.4. The van der Waals surface area contributed by atoms with Crippen LogP contribution in [0.3, 0.4) is 0 Å². The predicted octanol–water partition coefficient (Wildman–Crippen LogP) is 0.0895. The number of aromatic nitrogens is 1. The van der Waals surface area contributed by atoms with E-state index in [1.54, 1.807) is 48.5 Å². The second kappa shape index (κ2) is 26.7. The van der Waals surface area contributed by atoms with Gasteiger partial charge in [0.25, 0.3) is 11.8 Å². The molecule has 0 aromatic heterocycles. The van der Waals surface area contributed by atoms with Crippen molar-refractivity contribution in [3.8, 4) is 11.5 Å². The lowest BCUT2D eigenvalue weighted by Gasteiger charge is -2.36. The molecule has 1 aliphatic carbocycles. The number of anilines is 1. The molecule has 1 aromatic carbocycles. The molecule has 4 saturated heterocycles. The molecule has 6 aliphatic rings. The van der Waals surface area contributed by atoms with Crippen LogP contribution in [0.2, 0.25) is 0 Å². The van der Waals surface area contributed by atoms with Crippen molar-refractivity contribution in [2.24, 2.45) is 17.8 Å². The summed E-state index contributed by atoms with van der Waals surface area (Å²) in [6.07, 6.45) is -1.64. The number of aryl methyl sites for hydroxylation is 1. The maximum Gasteiger partial charge on any atom is 0.329 e. The molecule has 478 valence electrons. The molecule has 0 bridgehead atoms. The van der Waals surface area contributed by atoms with Crippen molar-refractivity contribution >= 4 is 87.8 Å². The third-order valence-electron chi connectivity index (χ3n) is 17.0. The van der Waals surface area contributed by atoms with Crippen molar-refractivity contribution in [3.05, 3.63) is 44.6 Å². The van der Waals surface area contributed by atoms with Crippen LogP contribution in [0.5, 0.6) is 0 Å². The highest BCUT2D eigenvalue weighted by Gasteiger charge is 2.46. The minimum Gasteiger partial charge on any atom is -0.458 e. The van der Waals surface area contributed by atoms with Gasteiger partial charge in [0.2, 0.25) is 52.7 Å². The standard InChI is InChI=1S/C60H82N12O16/c1-26(2)41-58(83)72-23-17-19-36(72)57(82)68(13)25-38(74)70(15)47(28(5)6)60(85)87-33(11)43(54(79)64-41)66-52(77)39-40(61)48(75)30(8)50-45(39)63-44-34(21-20-29(7)49(44)88-50)51(76)65-42-32(10)86-59(84)46(27(3)4)69(14)37(73)24-67(12)56(81)35-18-16-22-71(35)55(80)31(9)62-53(42)78/h20-21,26-28,31-33,35-36,41-43,46-47H,16-19,22-25,61H2,1-15H3,(H,62,78)(H,64,79)(H,65,76)(H,66,77)/t31-,32-,33-,35+,36+,41-,42+,43+,46+,47+/m1/s1. The number of hydrogen-bond donors (Lipinski definition) is 5. The average molecular weight is 1230 g/mol. The van der Waals surface area contributed by atoms with Gasteiger partial charge in [-0.3, -0.25) is 52.7 Å². The third-order valence-corrected chi connectivity index (χ3v) is 17.0. The second-order valence-electron chi connectivity index (χ2n) is 24.5. The summed E-state index contributed by atoms with van der Waals surface area (Å²) >= 11 is 0. The molecule has 10 amide bonds. The Morgan fingerprint density at radius 1 is 0.636 bits per heavy atom. The molecule has 10 atom stereocenters. The molecular weight excluding hydrogens is 1140 g/mol. The Hall–Kier alpha value is -8.72. The van der Waals surface area contributed by atoms with E-state index in [1.165, 1.54) is 87.6 Å². The Morgan fingerprint density at radius 3 is 1.58 bits per heavy atom. The van der Waals surface area contributed by atoms with E-state index in [0.717, 1.165) is 9.80 Å². The van der Waals surface area contributed by atoms with E-state index in [4.69, 9.17) is 24.6 Å². The average Bonchev–Trinajstić information content (AvgIpc) is 1.54. The predicted molar refractivity (Wildman–Crippen MR) is 316 cm³/mol. The number of nitrogen functional groups attached to an aromatic ring is 1. The molecule has 4 fully saturated rings. The molecule has 88 heavy (non-hydrogen) atoms. The highest BCUT2D eigenvalue weighted by molar-refractivity contribution is 6.10. The van der Waals surface area contributed by atoms with Gasteiger partial charge in [0, 0.05) is 46.8 Å².